The molecule has 23 heavy (non-hydrogen) atoms. The first-order valence-electron chi connectivity index (χ1n) is 7.83. The van der Waals surface area contributed by atoms with Gasteiger partial charge in [-0.25, -0.2) is 4.98 Å². The number of carbonyl (C=O) groups is 1. The van der Waals surface area contributed by atoms with Crippen LogP contribution in [0.1, 0.15) is 59.5 Å². The molecule has 7 nitrogen and oxygen atoms in total. The summed E-state index contributed by atoms with van der Waals surface area (Å²) in [5.74, 6) is 0.608. The Balaban J connectivity index is 1.94. The van der Waals surface area contributed by atoms with E-state index in [2.05, 4.69) is 15.1 Å². The number of hydrogen-bond donors (Lipinski definition) is 1. The van der Waals surface area contributed by atoms with Gasteiger partial charge in [-0.3, -0.25) is 4.79 Å². The Hall–Kier alpha value is -2.44. The van der Waals surface area contributed by atoms with Crippen LogP contribution in [0.5, 0.6) is 5.75 Å². The molecule has 1 aliphatic rings. The summed E-state index contributed by atoms with van der Waals surface area (Å²) in [7, 11) is 0. The van der Waals surface area contributed by atoms with Gasteiger partial charge < -0.3 is 14.5 Å². The van der Waals surface area contributed by atoms with Crippen molar-refractivity contribution in [2.75, 3.05) is 6.54 Å². The van der Waals surface area contributed by atoms with Crippen LogP contribution < -0.4 is 0 Å². The van der Waals surface area contributed by atoms with Gasteiger partial charge in [-0.2, -0.15) is 4.98 Å². The molecule has 3 heterocycles. The minimum Gasteiger partial charge on any atom is -0.505 e. The van der Waals surface area contributed by atoms with E-state index in [4.69, 9.17) is 4.52 Å². The lowest BCUT2D eigenvalue weighted by Gasteiger charge is -2.27. The molecule has 2 aromatic heterocycles. The molecule has 1 aliphatic heterocycles. The summed E-state index contributed by atoms with van der Waals surface area (Å²) in [4.78, 5) is 23.0. The van der Waals surface area contributed by atoms with Crippen molar-refractivity contribution in [3.8, 4) is 5.75 Å². The average molecular weight is 316 g/mol. The van der Waals surface area contributed by atoms with Crippen LogP contribution in [0.15, 0.2) is 16.8 Å². The van der Waals surface area contributed by atoms with E-state index in [1.165, 1.54) is 0 Å². The lowest BCUT2D eigenvalue weighted by Crippen LogP contribution is -2.36. The highest BCUT2D eigenvalue weighted by Crippen LogP contribution is 2.31. The summed E-state index contributed by atoms with van der Waals surface area (Å²) in [6.07, 6.45) is 5.31. The van der Waals surface area contributed by atoms with Gasteiger partial charge in [0.2, 0.25) is 5.89 Å². The molecule has 1 saturated heterocycles. The lowest BCUT2D eigenvalue weighted by atomic mass is 10.1. The van der Waals surface area contributed by atoms with Crippen molar-refractivity contribution < 1.29 is 14.4 Å². The Morgan fingerprint density at radius 1 is 1.35 bits per heavy atom. The zero-order chi connectivity index (χ0) is 16.4. The number of aromatic hydroxyl groups is 1. The summed E-state index contributed by atoms with van der Waals surface area (Å²) in [5, 5.41) is 14.0. The van der Waals surface area contributed by atoms with Crippen molar-refractivity contribution in [3.63, 3.8) is 0 Å². The number of carbonyl (C=O) groups excluding carboxylic acids is 1. The Morgan fingerprint density at radius 2 is 2.17 bits per heavy atom. The molecular formula is C16H20N4O3. The topological polar surface area (TPSA) is 92.4 Å². The number of likely N-dealkylation sites (tertiary alicyclic amines) is 1. The largest absolute Gasteiger partial charge is 0.505 e. The van der Waals surface area contributed by atoms with E-state index in [-0.39, 0.29) is 23.4 Å². The van der Waals surface area contributed by atoms with Crippen LogP contribution >= 0.6 is 0 Å². The van der Waals surface area contributed by atoms with Gasteiger partial charge in [0.25, 0.3) is 5.91 Å². The molecule has 0 spiro atoms. The molecule has 0 bridgehead atoms. The fraction of sp³-hybridized carbons (Fsp3) is 0.500. The number of amides is 1. The molecule has 1 fully saturated rings. The van der Waals surface area contributed by atoms with Gasteiger partial charge in [0.15, 0.2) is 11.5 Å². The van der Waals surface area contributed by atoms with E-state index in [0.29, 0.717) is 18.3 Å². The Bertz CT molecular complexity index is 713. The fourth-order valence-corrected chi connectivity index (χ4v) is 2.92. The SMILES string of the molecule is Cc1cnc(C(=O)N2CCCCCC2c2noc(C)n2)c(O)c1. The van der Waals surface area contributed by atoms with Crippen LogP contribution in [-0.4, -0.2) is 37.6 Å². The molecule has 0 radical (unpaired) electrons. The van der Waals surface area contributed by atoms with E-state index in [1.54, 1.807) is 24.1 Å². The van der Waals surface area contributed by atoms with Crippen LogP contribution in [0.2, 0.25) is 0 Å². The van der Waals surface area contributed by atoms with E-state index < -0.39 is 0 Å². The molecule has 7 heteroatoms. The van der Waals surface area contributed by atoms with Crippen LogP contribution in [-0.2, 0) is 0 Å². The molecule has 0 saturated carbocycles. The zero-order valence-corrected chi connectivity index (χ0v) is 13.3. The second kappa shape index (κ2) is 6.36. The first kappa shape index (κ1) is 15.5. The molecule has 3 rings (SSSR count). The minimum atomic E-state index is -0.295. The number of rotatable bonds is 2. The summed E-state index contributed by atoms with van der Waals surface area (Å²) < 4.78 is 5.07. The highest BCUT2D eigenvalue weighted by Gasteiger charge is 2.32. The number of aryl methyl sites for hydroxylation is 2. The predicted octanol–water partition coefficient (Wildman–Crippen LogP) is 2.54. The summed E-state index contributed by atoms with van der Waals surface area (Å²) >= 11 is 0. The Labute approximate surface area is 134 Å². The van der Waals surface area contributed by atoms with Gasteiger partial charge in [-0.1, -0.05) is 18.0 Å². The summed E-state index contributed by atoms with van der Waals surface area (Å²) in [6, 6.07) is 1.30. The van der Waals surface area contributed by atoms with E-state index in [9.17, 15) is 9.90 Å². The molecule has 1 amide bonds. The fourth-order valence-electron chi connectivity index (χ4n) is 2.92. The maximum absolute atomic E-state index is 12.9. The van der Waals surface area contributed by atoms with Crippen molar-refractivity contribution in [1.29, 1.82) is 0 Å². The molecule has 2 aromatic rings. The highest BCUT2D eigenvalue weighted by atomic mass is 16.5. The van der Waals surface area contributed by atoms with Crippen molar-refractivity contribution >= 4 is 5.91 Å². The van der Waals surface area contributed by atoms with Crippen molar-refractivity contribution in [2.24, 2.45) is 0 Å². The predicted molar refractivity (Wildman–Crippen MR) is 81.9 cm³/mol. The van der Waals surface area contributed by atoms with Crippen LogP contribution in [0.3, 0.4) is 0 Å². The van der Waals surface area contributed by atoms with E-state index in [0.717, 1.165) is 31.2 Å². The number of hydrogen-bond acceptors (Lipinski definition) is 6. The second-order valence-corrected chi connectivity index (χ2v) is 5.92. The van der Waals surface area contributed by atoms with Gasteiger partial charge in [0.1, 0.15) is 5.75 Å². The average Bonchev–Trinajstić information content (AvgIpc) is 2.80. The van der Waals surface area contributed by atoms with Crippen LogP contribution in [0.4, 0.5) is 0 Å². The lowest BCUT2D eigenvalue weighted by molar-refractivity contribution is 0.0661. The Morgan fingerprint density at radius 3 is 2.87 bits per heavy atom. The van der Waals surface area contributed by atoms with Crippen molar-refractivity contribution in [1.82, 2.24) is 20.0 Å². The molecule has 1 atom stereocenters. The van der Waals surface area contributed by atoms with E-state index in [1.807, 2.05) is 6.92 Å². The number of nitrogens with zero attached hydrogens (tertiary/aromatic N) is 4. The standard InChI is InChI=1S/C16H20N4O3/c1-10-8-13(21)14(17-9-10)16(22)20-7-5-3-4-6-12(20)15-18-11(2)23-19-15/h8-9,12,21H,3-7H2,1-2H3. The summed E-state index contributed by atoms with van der Waals surface area (Å²) in [5.41, 5.74) is 0.878. The molecule has 1 N–H and O–H groups in total. The smallest absolute Gasteiger partial charge is 0.276 e. The first-order chi connectivity index (χ1) is 11.1. The zero-order valence-electron chi connectivity index (χ0n) is 13.3. The maximum atomic E-state index is 12.9. The van der Waals surface area contributed by atoms with Gasteiger partial charge in [0, 0.05) is 19.7 Å². The van der Waals surface area contributed by atoms with Crippen molar-refractivity contribution in [2.45, 2.75) is 45.6 Å². The third kappa shape index (κ3) is 3.18. The normalized spacial score (nSPS) is 18.7. The Kier molecular flexibility index (Phi) is 4.27. The number of pyridine rings is 1. The van der Waals surface area contributed by atoms with Gasteiger partial charge in [-0.05, 0) is 31.4 Å². The first-order valence-corrected chi connectivity index (χ1v) is 7.83. The monoisotopic (exact) mass is 316 g/mol. The van der Waals surface area contributed by atoms with Crippen LogP contribution in [0.25, 0.3) is 0 Å². The van der Waals surface area contributed by atoms with E-state index >= 15 is 0 Å². The molecule has 122 valence electrons. The van der Waals surface area contributed by atoms with Crippen molar-refractivity contribution in [3.05, 3.63) is 35.2 Å². The second-order valence-electron chi connectivity index (χ2n) is 5.92. The maximum Gasteiger partial charge on any atom is 0.276 e. The quantitative estimate of drug-likeness (QED) is 0.915. The minimum absolute atomic E-state index is 0.0720. The van der Waals surface area contributed by atoms with Gasteiger partial charge in [0.05, 0.1) is 6.04 Å². The van der Waals surface area contributed by atoms with Crippen LogP contribution in [0, 0.1) is 13.8 Å². The molecular weight excluding hydrogens is 296 g/mol. The summed E-state index contributed by atoms with van der Waals surface area (Å²) in [6.45, 7) is 4.14. The van der Waals surface area contributed by atoms with Gasteiger partial charge in [-0.15, -0.1) is 0 Å². The number of aromatic nitrogens is 3. The van der Waals surface area contributed by atoms with Gasteiger partial charge >= 0.3 is 0 Å². The molecule has 0 aliphatic carbocycles. The highest BCUT2D eigenvalue weighted by molar-refractivity contribution is 5.95. The molecule has 0 aromatic carbocycles. The molecule has 1 unspecified atom stereocenters. The third-order valence-corrected chi connectivity index (χ3v) is 4.06. The third-order valence-electron chi connectivity index (χ3n) is 4.06.